The van der Waals surface area contributed by atoms with E-state index < -0.39 is 0 Å². The van der Waals surface area contributed by atoms with Gasteiger partial charge in [-0.05, 0) is 36.4 Å². The summed E-state index contributed by atoms with van der Waals surface area (Å²) in [5, 5.41) is 1.10. The molecule has 0 saturated carbocycles. The van der Waals surface area contributed by atoms with Crippen molar-refractivity contribution >= 4 is 21.9 Å². The SMILES string of the molecule is c1c[nH]c(-c2ccc3ccc(-c4cnc5ccccc5n4)cc3n2)c1. The molecule has 0 saturated heterocycles. The highest BCUT2D eigenvalue weighted by Gasteiger charge is 2.06. The summed E-state index contributed by atoms with van der Waals surface area (Å²) in [6.07, 6.45) is 3.72. The highest BCUT2D eigenvalue weighted by molar-refractivity contribution is 5.86. The van der Waals surface area contributed by atoms with Crippen LogP contribution in [0, 0.1) is 0 Å². The van der Waals surface area contributed by atoms with Gasteiger partial charge in [-0.1, -0.05) is 30.3 Å². The van der Waals surface area contributed by atoms with Crippen LogP contribution in [0.5, 0.6) is 0 Å². The number of para-hydroxylation sites is 2. The van der Waals surface area contributed by atoms with Crippen molar-refractivity contribution in [2.75, 3.05) is 0 Å². The Kier molecular flexibility index (Phi) is 3.07. The first-order chi connectivity index (χ1) is 12.4. The van der Waals surface area contributed by atoms with Gasteiger partial charge in [-0.3, -0.25) is 4.98 Å². The van der Waals surface area contributed by atoms with E-state index >= 15 is 0 Å². The first kappa shape index (κ1) is 13.9. The molecule has 3 aromatic heterocycles. The molecule has 4 heteroatoms. The second-order valence-electron chi connectivity index (χ2n) is 5.93. The van der Waals surface area contributed by atoms with E-state index in [4.69, 9.17) is 9.97 Å². The van der Waals surface area contributed by atoms with Crippen LogP contribution in [-0.2, 0) is 0 Å². The zero-order chi connectivity index (χ0) is 16.6. The summed E-state index contributed by atoms with van der Waals surface area (Å²) in [7, 11) is 0. The number of rotatable bonds is 2. The molecule has 0 fully saturated rings. The van der Waals surface area contributed by atoms with Gasteiger partial charge in [0.2, 0.25) is 0 Å². The van der Waals surface area contributed by atoms with Gasteiger partial charge in [0.1, 0.15) is 0 Å². The quantitative estimate of drug-likeness (QED) is 0.506. The fourth-order valence-electron chi connectivity index (χ4n) is 3.01. The lowest BCUT2D eigenvalue weighted by molar-refractivity contribution is 1.29. The normalized spacial score (nSPS) is 11.2. The third-order valence-corrected chi connectivity index (χ3v) is 4.31. The molecule has 0 unspecified atom stereocenters. The standard InChI is InChI=1S/C21H14N4/c1-2-5-18-17(4-1)23-13-21(25-18)15-8-7-14-9-10-19(24-20(14)12-15)16-6-3-11-22-16/h1-13,22H. The summed E-state index contributed by atoms with van der Waals surface area (Å²) >= 11 is 0. The fourth-order valence-corrected chi connectivity index (χ4v) is 3.01. The van der Waals surface area contributed by atoms with E-state index in [1.807, 2.05) is 54.9 Å². The van der Waals surface area contributed by atoms with Crippen molar-refractivity contribution in [3.8, 4) is 22.6 Å². The molecule has 0 amide bonds. The van der Waals surface area contributed by atoms with Crippen LogP contribution >= 0.6 is 0 Å². The van der Waals surface area contributed by atoms with Gasteiger partial charge < -0.3 is 4.98 Å². The molecule has 0 bridgehead atoms. The van der Waals surface area contributed by atoms with Crippen LogP contribution in [-0.4, -0.2) is 19.9 Å². The second kappa shape index (κ2) is 5.53. The second-order valence-corrected chi connectivity index (χ2v) is 5.93. The van der Waals surface area contributed by atoms with Crippen LogP contribution in [0.4, 0.5) is 0 Å². The largest absolute Gasteiger partial charge is 0.360 e. The molecule has 5 aromatic rings. The third kappa shape index (κ3) is 2.44. The fraction of sp³-hybridized carbons (Fsp3) is 0. The highest BCUT2D eigenvalue weighted by Crippen LogP contribution is 2.25. The molecule has 0 radical (unpaired) electrons. The van der Waals surface area contributed by atoms with Crippen molar-refractivity contribution in [3.63, 3.8) is 0 Å². The summed E-state index contributed by atoms with van der Waals surface area (Å²) in [6, 6.07) is 22.2. The van der Waals surface area contributed by atoms with Gasteiger partial charge in [-0.25, -0.2) is 9.97 Å². The predicted octanol–water partition coefficient (Wildman–Crippen LogP) is 4.84. The van der Waals surface area contributed by atoms with Gasteiger partial charge in [0.25, 0.3) is 0 Å². The number of aromatic nitrogens is 4. The van der Waals surface area contributed by atoms with Gasteiger partial charge in [0.15, 0.2) is 0 Å². The number of nitrogens with zero attached hydrogens (tertiary/aromatic N) is 3. The zero-order valence-electron chi connectivity index (χ0n) is 13.3. The summed E-state index contributed by atoms with van der Waals surface area (Å²) in [5.74, 6) is 0. The lowest BCUT2D eigenvalue weighted by atomic mass is 10.1. The Morgan fingerprint density at radius 1 is 0.680 bits per heavy atom. The molecular weight excluding hydrogens is 308 g/mol. The Balaban J connectivity index is 1.65. The number of hydrogen-bond donors (Lipinski definition) is 1. The van der Waals surface area contributed by atoms with Crippen LogP contribution in [0.3, 0.4) is 0 Å². The number of benzene rings is 2. The number of hydrogen-bond acceptors (Lipinski definition) is 3. The van der Waals surface area contributed by atoms with Gasteiger partial charge in [0, 0.05) is 17.1 Å². The van der Waals surface area contributed by atoms with Gasteiger partial charge >= 0.3 is 0 Å². The molecule has 5 rings (SSSR count). The van der Waals surface area contributed by atoms with Crippen molar-refractivity contribution in [2.45, 2.75) is 0 Å². The first-order valence-electron chi connectivity index (χ1n) is 8.13. The van der Waals surface area contributed by atoms with Crippen molar-refractivity contribution in [2.24, 2.45) is 0 Å². The Labute approximate surface area is 144 Å². The topological polar surface area (TPSA) is 54.5 Å². The molecule has 0 aliphatic rings. The van der Waals surface area contributed by atoms with Gasteiger partial charge in [-0.15, -0.1) is 0 Å². The van der Waals surface area contributed by atoms with E-state index in [2.05, 4.69) is 34.2 Å². The predicted molar refractivity (Wildman–Crippen MR) is 100 cm³/mol. The van der Waals surface area contributed by atoms with Crippen molar-refractivity contribution < 1.29 is 0 Å². The molecule has 3 heterocycles. The maximum absolute atomic E-state index is 4.79. The van der Waals surface area contributed by atoms with E-state index in [1.54, 1.807) is 0 Å². The molecule has 0 aliphatic heterocycles. The van der Waals surface area contributed by atoms with E-state index in [1.165, 1.54) is 0 Å². The maximum atomic E-state index is 4.79. The molecule has 25 heavy (non-hydrogen) atoms. The number of pyridine rings is 1. The van der Waals surface area contributed by atoms with Crippen LogP contribution < -0.4 is 0 Å². The van der Waals surface area contributed by atoms with Gasteiger partial charge in [0.05, 0.1) is 39.8 Å². The number of H-pyrrole nitrogens is 1. The van der Waals surface area contributed by atoms with Crippen molar-refractivity contribution in [1.29, 1.82) is 0 Å². The van der Waals surface area contributed by atoms with E-state index in [0.29, 0.717) is 0 Å². The Morgan fingerprint density at radius 3 is 2.40 bits per heavy atom. The number of nitrogens with one attached hydrogen (secondary N) is 1. The molecule has 1 N–H and O–H groups in total. The van der Waals surface area contributed by atoms with Crippen molar-refractivity contribution in [1.82, 2.24) is 19.9 Å². The Morgan fingerprint density at radius 2 is 1.52 bits per heavy atom. The molecule has 0 spiro atoms. The molecule has 118 valence electrons. The molecule has 4 nitrogen and oxygen atoms in total. The van der Waals surface area contributed by atoms with Crippen LogP contribution in [0.25, 0.3) is 44.6 Å². The van der Waals surface area contributed by atoms with E-state index in [9.17, 15) is 0 Å². The average Bonchev–Trinajstić information content (AvgIpc) is 3.21. The smallest absolute Gasteiger partial charge is 0.0894 e. The average molecular weight is 322 g/mol. The summed E-state index contributed by atoms with van der Waals surface area (Å²) in [4.78, 5) is 17.2. The lowest BCUT2D eigenvalue weighted by Crippen LogP contribution is -1.90. The molecule has 2 aromatic carbocycles. The monoisotopic (exact) mass is 322 g/mol. The number of aromatic amines is 1. The van der Waals surface area contributed by atoms with Crippen LogP contribution in [0.2, 0.25) is 0 Å². The Bertz CT molecular complexity index is 1190. The summed E-state index contributed by atoms with van der Waals surface area (Å²) in [6.45, 7) is 0. The van der Waals surface area contributed by atoms with Crippen LogP contribution in [0.1, 0.15) is 0 Å². The zero-order valence-corrected chi connectivity index (χ0v) is 13.3. The summed E-state index contributed by atoms with van der Waals surface area (Å²) < 4.78 is 0. The first-order valence-corrected chi connectivity index (χ1v) is 8.13. The molecular formula is C21H14N4. The highest BCUT2D eigenvalue weighted by atomic mass is 14.8. The Hall–Kier alpha value is -3.53. The third-order valence-electron chi connectivity index (χ3n) is 4.31. The molecule has 0 atom stereocenters. The minimum atomic E-state index is 0.854. The number of fused-ring (bicyclic) bond motifs is 2. The van der Waals surface area contributed by atoms with E-state index in [-0.39, 0.29) is 0 Å². The van der Waals surface area contributed by atoms with Gasteiger partial charge in [-0.2, -0.15) is 0 Å². The summed E-state index contributed by atoms with van der Waals surface area (Å²) in [5.41, 5.74) is 6.55. The minimum absolute atomic E-state index is 0.854. The lowest BCUT2D eigenvalue weighted by Gasteiger charge is -2.06. The van der Waals surface area contributed by atoms with Crippen LogP contribution in [0.15, 0.2) is 79.1 Å². The molecule has 0 aliphatic carbocycles. The maximum Gasteiger partial charge on any atom is 0.0894 e. The van der Waals surface area contributed by atoms with Crippen molar-refractivity contribution in [3.05, 3.63) is 79.1 Å². The minimum Gasteiger partial charge on any atom is -0.360 e. The van der Waals surface area contributed by atoms with E-state index in [0.717, 1.165) is 44.6 Å².